The average Bonchev–Trinajstić information content (AvgIpc) is 2.56. The van der Waals surface area contributed by atoms with Crippen LogP contribution in [0.5, 0.6) is 0 Å². The number of benzene rings is 2. The lowest BCUT2D eigenvalue weighted by Crippen LogP contribution is -2.30. The molecule has 0 fully saturated rings. The van der Waals surface area contributed by atoms with Crippen molar-refractivity contribution >= 4 is 38.9 Å². The van der Waals surface area contributed by atoms with Crippen molar-refractivity contribution in [1.29, 1.82) is 0 Å². The average molecular weight is 391 g/mol. The third-order valence-corrected chi connectivity index (χ3v) is 4.82. The summed E-state index contributed by atoms with van der Waals surface area (Å²) < 4.78 is 1.05. The molecule has 0 aromatic heterocycles. The smallest absolute Gasteiger partial charge is 0.171 e. The first kappa shape index (κ1) is 18.0. The van der Waals surface area contributed by atoms with Gasteiger partial charge in [-0.1, -0.05) is 54.0 Å². The molecule has 2 aromatic carbocycles. The number of halogens is 1. The van der Waals surface area contributed by atoms with Gasteiger partial charge in [0.05, 0.1) is 6.04 Å². The van der Waals surface area contributed by atoms with Gasteiger partial charge < -0.3 is 10.6 Å². The van der Waals surface area contributed by atoms with Crippen molar-refractivity contribution in [2.24, 2.45) is 0 Å². The molecular formula is C19H23BrN2S. The number of rotatable bonds is 5. The van der Waals surface area contributed by atoms with Gasteiger partial charge in [-0.15, -0.1) is 0 Å². The Bertz CT molecular complexity index is 637. The Morgan fingerprint density at radius 1 is 1.00 bits per heavy atom. The predicted molar refractivity (Wildman–Crippen MR) is 107 cm³/mol. The van der Waals surface area contributed by atoms with Crippen LogP contribution in [0.4, 0.5) is 5.69 Å². The molecule has 0 aliphatic rings. The molecule has 23 heavy (non-hydrogen) atoms. The Labute approximate surface area is 152 Å². The molecule has 2 atom stereocenters. The minimum Gasteiger partial charge on any atom is -0.356 e. The number of hydrogen-bond donors (Lipinski definition) is 2. The molecule has 2 N–H and O–H groups in total. The quantitative estimate of drug-likeness (QED) is 0.611. The van der Waals surface area contributed by atoms with Gasteiger partial charge in [-0.2, -0.15) is 0 Å². The highest BCUT2D eigenvalue weighted by atomic mass is 79.9. The van der Waals surface area contributed by atoms with E-state index in [0.29, 0.717) is 11.0 Å². The molecule has 0 heterocycles. The van der Waals surface area contributed by atoms with Crippen molar-refractivity contribution < 1.29 is 0 Å². The Hall–Kier alpha value is -1.39. The van der Waals surface area contributed by atoms with Crippen LogP contribution < -0.4 is 10.6 Å². The minimum atomic E-state index is 0.163. The highest BCUT2D eigenvalue weighted by Gasteiger charge is 2.09. The maximum Gasteiger partial charge on any atom is 0.171 e. The second-order valence-corrected chi connectivity index (χ2v) is 7.13. The van der Waals surface area contributed by atoms with Crippen molar-refractivity contribution in [2.75, 3.05) is 5.32 Å². The first-order chi connectivity index (χ1) is 11.0. The van der Waals surface area contributed by atoms with Crippen LogP contribution in [0.15, 0.2) is 53.0 Å². The van der Waals surface area contributed by atoms with Crippen LogP contribution in [0.2, 0.25) is 0 Å². The molecular weight excluding hydrogens is 368 g/mol. The van der Waals surface area contributed by atoms with Crippen molar-refractivity contribution in [3.05, 3.63) is 64.1 Å². The van der Waals surface area contributed by atoms with E-state index in [1.165, 1.54) is 11.1 Å². The Balaban J connectivity index is 1.94. The lowest BCUT2D eigenvalue weighted by molar-refractivity contribution is 0.713. The highest BCUT2D eigenvalue weighted by molar-refractivity contribution is 9.10. The van der Waals surface area contributed by atoms with Gasteiger partial charge in [-0.25, -0.2) is 0 Å². The van der Waals surface area contributed by atoms with Crippen LogP contribution in [-0.2, 0) is 0 Å². The second-order valence-electron chi connectivity index (χ2n) is 5.80. The monoisotopic (exact) mass is 390 g/mol. The fourth-order valence-electron chi connectivity index (χ4n) is 2.33. The van der Waals surface area contributed by atoms with Crippen LogP contribution >= 0.6 is 28.1 Å². The van der Waals surface area contributed by atoms with E-state index in [2.05, 4.69) is 71.6 Å². The van der Waals surface area contributed by atoms with Crippen molar-refractivity contribution in [3.8, 4) is 0 Å². The van der Waals surface area contributed by atoms with Gasteiger partial charge in [-0.3, -0.25) is 0 Å². The van der Waals surface area contributed by atoms with Crippen LogP contribution in [0.3, 0.4) is 0 Å². The molecule has 0 amide bonds. The van der Waals surface area contributed by atoms with Crippen molar-refractivity contribution in [3.63, 3.8) is 0 Å². The molecule has 122 valence electrons. The Morgan fingerprint density at radius 2 is 1.57 bits per heavy atom. The minimum absolute atomic E-state index is 0.163. The highest BCUT2D eigenvalue weighted by Crippen LogP contribution is 2.21. The van der Waals surface area contributed by atoms with Gasteiger partial charge in [0, 0.05) is 10.2 Å². The van der Waals surface area contributed by atoms with Gasteiger partial charge in [0.25, 0.3) is 0 Å². The molecule has 0 radical (unpaired) electrons. The molecule has 0 spiro atoms. The summed E-state index contributed by atoms with van der Waals surface area (Å²) in [4.78, 5) is 0. The molecule has 2 nitrogen and oxygen atoms in total. The summed E-state index contributed by atoms with van der Waals surface area (Å²) in [6, 6.07) is 16.9. The number of nitrogens with one attached hydrogen (secondary N) is 2. The molecule has 0 aliphatic carbocycles. The topological polar surface area (TPSA) is 24.1 Å². The summed E-state index contributed by atoms with van der Waals surface area (Å²) >= 11 is 8.82. The maximum atomic E-state index is 5.40. The molecule has 0 aliphatic heterocycles. The van der Waals surface area contributed by atoms with Gasteiger partial charge in [0.2, 0.25) is 0 Å². The Kier molecular flexibility index (Phi) is 6.60. The van der Waals surface area contributed by atoms with E-state index in [9.17, 15) is 0 Å². The summed E-state index contributed by atoms with van der Waals surface area (Å²) in [5, 5.41) is 7.17. The van der Waals surface area contributed by atoms with Gasteiger partial charge >= 0.3 is 0 Å². The third-order valence-electron chi connectivity index (χ3n) is 4.07. The van der Waals surface area contributed by atoms with Gasteiger partial charge in [-0.05, 0) is 66.9 Å². The molecule has 2 rings (SSSR count). The summed E-state index contributed by atoms with van der Waals surface area (Å²) in [6.45, 7) is 6.59. The largest absolute Gasteiger partial charge is 0.356 e. The van der Waals surface area contributed by atoms with Gasteiger partial charge in [0.1, 0.15) is 0 Å². The number of thiocarbonyl (C=S) groups is 1. The normalized spacial score (nSPS) is 13.2. The standard InChI is InChI=1S/C19H23BrN2S/c1-4-13(2)15-5-7-16(8-6-15)14(3)21-19(23)22-18-11-9-17(20)10-12-18/h5-14H,4H2,1-3H3,(H2,21,22,23). The van der Waals surface area contributed by atoms with Crippen LogP contribution in [0, 0.1) is 0 Å². The second kappa shape index (κ2) is 8.46. The summed E-state index contributed by atoms with van der Waals surface area (Å²) in [5.74, 6) is 0.604. The predicted octanol–water partition coefficient (Wildman–Crippen LogP) is 6.01. The van der Waals surface area contributed by atoms with Gasteiger partial charge in [0.15, 0.2) is 5.11 Å². The molecule has 2 aromatic rings. The van der Waals surface area contributed by atoms with Crippen molar-refractivity contribution in [2.45, 2.75) is 39.2 Å². The fraction of sp³-hybridized carbons (Fsp3) is 0.316. The molecule has 0 saturated carbocycles. The Morgan fingerprint density at radius 3 is 2.13 bits per heavy atom. The zero-order chi connectivity index (χ0) is 16.8. The van der Waals surface area contributed by atoms with E-state index in [0.717, 1.165) is 16.6 Å². The summed E-state index contributed by atoms with van der Waals surface area (Å²) in [6.07, 6.45) is 1.16. The number of anilines is 1. The zero-order valence-corrected chi connectivity index (χ0v) is 16.2. The lowest BCUT2D eigenvalue weighted by atomic mass is 9.96. The zero-order valence-electron chi connectivity index (χ0n) is 13.8. The van der Waals surface area contributed by atoms with Crippen LogP contribution in [-0.4, -0.2) is 5.11 Å². The third kappa shape index (κ3) is 5.33. The SMILES string of the molecule is CCC(C)c1ccc(C(C)NC(=S)Nc2ccc(Br)cc2)cc1. The van der Waals surface area contributed by atoms with Crippen molar-refractivity contribution in [1.82, 2.24) is 5.32 Å². The molecule has 2 unspecified atom stereocenters. The first-order valence-electron chi connectivity index (χ1n) is 7.92. The van der Waals surface area contributed by atoms with E-state index in [1.54, 1.807) is 0 Å². The van der Waals surface area contributed by atoms with E-state index < -0.39 is 0 Å². The summed E-state index contributed by atoms with van der Waals surface area (Å²) in [7, 11) is 0. The maximum absolute atomic E-state index is 5.40. The van der Waals surface area contributed by atoms with E-state index in [1.807, 2.05) is 24.3 Å². The van der Waals surface area contributed by atoms with E-state index in [4.69, 9.17) is 12.2 Å². The van der Waals surface area contributed by atoms with E-state index >= 15 is 0 Å². The molecule has 4 heteroatoms. The van der Waals surface area contributed by atoms with Crippen LogP contribution in [0.1, 0.15) is 50.3 Å². The molecule has 0 bridgehead atoms. The van der Waals surface area contributed by atoms with E-state index in [-0.39, 0.29) is 6.04 Å². The summed E-state index contributed by atoms with van der Waals surface area (Å²) in [5.41, 5.74) is 3.60. The number of hydrogen-bond acceptors (Lipinski definition) is 1. The first-order valence-corrected chi connectivity index (χ1v) is 9.12. The molecule has 0 saturated heterocycles. The van der Waals surface area contributed by atoms with Crippen LogP contribution in [0.25, 0.3) is 0 Å². The lowest BCUT2D eigenvalue weighted by Gasteiger charge is -2.18. The fourth-order valence-corrected chi connectivity index (χ4v) is 2.89.